The minimum Gasteiger partial charge on any atom is -0.466 e. The molecule has 0 rings (SSSR count). The average Bonchev–Trinajstić information content (AvgIpc) is 3.17. The Kier molecular flexibility index (Phi) is 41.1. The number of hydrogen-bond donors (Lipinski definition) is 1. The second-order valence-corrected chi connectivity index (χ2v) is 17.0. The third kappa shape index (κ3) is 37.9. The second kappa shape index (κ2) is 42.2. The number of unbranched alkanes of at least 4 members (excludes halogenated alkanes) is 23. The minimum absolute atomic E-state index is 0.0172. The van der Waals surface area contributed by atoms with Gasteiger partial charge < -0.3 is 24.6 Å². The van der Waals surface area contributed by atoms with Gasteiger partial charge in [0, 0.05) is 27.1 Å². The molecular weight excluding hydrogens is 703 g/mol. The molecule has 0 aliphatic carbocycles. The fraction of sp³-hybridized carbons (Fsp3) is 0.936. The lowest BCUT2D eigenvalue weighted by atomic mass is 9.94. The second-order valence-electron chi connectivity index (χ2n) is 16.6. The maximum absolute atomic E-state index is 13.0. The zero-order chi connectivity index (χ0) is 40.5. The molecule has 0 saturated heterocycles. The molecule has 7 nitrogen and oxygen atoms in total. The van der Waals surface area contributed by atoms with Crippen LogP contribution in [-0.4, -0.2) is 80.3 Å². The number of hydrogen-bond acceptors (Lipinski definition) is 6. The first kappa shape index (κ1) is 53.6. The Morgan fingerprint density at radius 3 is 1.40 bits per heavy atom. The molecule has 0 aromatic carbocycles. The Morgan fingerprint density at radius 2 is 0.909 bits per heavy atom. The van der Waals surface area contributed by atoms with Gasteiger partial charge in [0.25, 0.3) is 0 Å². The van der Waals surface area contributed by atoms with E-state index in [4.69, 9.17) is 21.7 Å². The summed E-state index contributed by atoms with van der Waals surface area (Å²) in [6.07, 6.45) is 37.6. The van der Waals surface area contributed by atoms with Crippen molar-refractivity contribution < 1.29 is 19.1 Å². The molecule has 0 aromatic heterocycles. The summed E-state index contributed by atoms with van der Waals surface area (Å²) >= 11 is 5.40. The highest BCUT2D eigenvalue weighted by molar-refractivity contribution is 7.80. The molecule has 0 amide bonds. The van der Waals surface area contributed by atoms with E-state index in [1.165, 1.54) is 135 Å². The molecule has 0 aliphatic rings. The van der Waals surface area contributed by atoms with Gasteiger partial charge in [-0.15, -0.1) is 0 Å². The molecule has 0 saturated carbocycles. The predicted octanol–water partition coefficient (Wildman–Crippen LogP) is 13.0. The Bertz CT molecular complexity index is 858. The van der Waals surface area contributed by atoms with Gasteiger partial charge in [0.1, 0.15) is 0 Å². The number of esters is 2. The van der Waals surface area contributed by atoms with Crippen LogP contribution in [-0.2, 0) is 19.1 Å². The molecule has 55 heavy (non-hydrogen) atoms. The Morgan fingerprint density at radius 1 is 0.509 bits per heavy atom. The van der Waals surface area contributed by atoms with E-state index in [2.05, 4.69) is 31.0 Å². The standard InChI is InChI=1S/C47H93N3O4S/c1-6-9-12-15-17-25-32-42-53-45(51)37-29-22-18-23-30-39-50(41-34-38-48-47(55)49(4)5)40-31-24-19-26-33-43-54-46(52)44(35-27-20-14-11-8-3)36-28-21-16-13-10-7-2/h44H,6-43H2,1-5H3,(H,48,55). The van der Waals surface area contributed by atoms with E-state index in [0.717, 1.165) is 95.5 Å². The Balaban J connectivity index is 4.32. The number of nitrogens with one attached hydrogen (secondary N) is 1. The molecule has 0 radical (unpaired) electrons. The highest BCUT2D eigenvalue weighted by Gasteiger charge is 2.19. The summed E-state index contributed by atoms with van der Waals surface area (Å²) in [4.78, 5) is 29.7. The smallest absolute Gasteiger partial charge is 0.308 e. The van der Waals surface area contributed by atoms with Crippen LogP contribution in [0.15, 0.2) is 0 Å². The van der Waals surface area contributed by atoms with Crippen LogP contribution in [0.4, 0.5) is 0 Å². The summed E-state index contributed by atoms with van der Waals surface area (Å²) in [6.45, 7) is 12.2. The fourth-order valence-electron chi connectivity index (χ4n) is 7.25. The number of rotatable bonds is 42. The van der Waals surface area contributed by atoms with Gasteiger partial charge in [-0.2, -0.15) is 0 Å². The van der Waals surface area contributed by atoms with E-state index >= 15 is 0 Å². The molecule has 0 aliphatic heterocycles. The summed E-state index contributed by atoms with van der Waals surface area (Å²) in [5, 5.41) is 4.17. The number of nitrogens with zero attached hydrogens (tertiary/aromatic N) is 2. The third-order valence-corrected chi connectivity index (χ3v) is 11.5. The maximum atomic E-state index is 13.0. The first-order valence-electron chi connectivity index (χ1n) is 23.8. The highest BCUT2D eigenvalue weighted by atomic mass is 32.1. The van der Waals surface area contributed by atoms with Crippen molar-refractivity contribution in [2.45, 2.75) is 226 Å². The Hall–Kier alpha value is -1.41. The number of carbonyl (C=O) groups is 2. The molecule has 0 spiro atoms. The lowest BCUT2D eigenvalue weighted by Crippen LogP contribution is -2.36. The molecule has 0 bridgehead atoms. The first-order valence-corrected chi connectivity index (χ1v) is 24.3. The molecule has 1 unspecified atom stereocenters. The van der Waals surface area contributed by atoms with Crippen LogP contribution in [0.5, 0.6) is 0 Å². The normalized spacial score (nSPS) is 11.9. The van der Waals surface area contributed by atoms with Crippen LogP contribution in [0, 0.1) is 5.92 Å². The van der Waals surface area contributed by atoms with E-state index in [1.54, 1.807) is 0 Å². The summed E-state index contributed by atoms with van der Waals surface area (Å²) in [5.74, 6) is 0.147. The van der Waals surface area contributed by atoms with Crippen molar-refractivity contribution in [3.05, 3.63) is 0 Å². The summed E-state index contributed by atoms with van der Waals surface area (Å²) < 4.78 is 11.3. The number of carbonyl (C=O) groups excluding carboxylic acids is 2. The fourth-order valence-corrected chi connectivity index (χ4v) is 7.35. The van der Waals surface area contributed by atoms with Crippen LogP contribution < -0.4 is 5.32 Å². The minimum atomic E-state index is -0.0172. The third-order valence-electron chi connectivity index (χ3n) is 11.0. The number of thiocarbonyl (C=S) groups is 1. The van der Waals surface area contributed by atoms with Gasteiger partial charge in [-0.1, -0.05) is 168 Å². The van der Waals surface area contributed by atoms with E-state index in [-0.39, 0.29) is 17.9 Å². The zero-order valence-corrected chi connectivity index (χ0v) is 38.2. The van der Waals surface area contributed by atoms with Gasteiger partial charge in [-0.25, -0.2) is 0 Å². The summed E-state index contributed by atoms with van der Waals surface area (Å²) in [7, 11) is 3.96. The quantitative estimate of drug-likeness (QED) is 0.0372. The lowest BCUT2D eigenvalue weighted by Gasteiger charge is -2.23. The molecule has 1 atom stereocenters. The van der Waals surface area contributed by atoms with Crippen molar-refractivity contribution in [1.29, 1.82) is 0 Å². The highest BCUT2D eigenvalue weighted by Crippen LogP contribution is 2.21. The van der Waals surface area contributed by atoms with Crippen molar-refractivity contribution in [3.63, 3.8) is 0 Å². The lowest BCUT2D eigenvalue weighted by molar-refractivity contribution is -0.149. The van der Waals surface area contributed by atoms with Crippen LogP contribution in [0.1, 0.15) is 226 Å². The van der Waals surface area contributed by atoms with Crippen molar-refractivity contribution in [1.82, 2.24) is 15.1 Å². The van der Waals surface area contributed by atoms with Gasteiger partial charge in [-0.05, 0) is 83.2 Å². The van der Waals surface area contributed by atoms with Gasteiger partial charge in [0.15, 0.2) is 5.11 Å². The number of ether oxygens (including phenoxy) is 2. The summed E-state index contributed by atoms with van der Waals surface area (Å²) in [5.41, 5.74) is 0. The molecule has 0 aromatic rings. The molecule has 8 heteroatoms. The van der Waals surface area contributed by atoms with Crippen molar-refractivity contribution in [3.8, 4) is 0 Å². The average molecular weight is 796 g/mol. The monoisotopic (exact) mass is 796 g/mol. The Labute approximate surface area is 348 Å². The van der Waals surface area contributed by atoms with Crippen molar-refractivity contribution in [2.24, 2.45) is 5.92 Å². The molecule has 1 N–H and O–H groups in total. The van der Waals surface area contributed by atoms with Gasteiger partial charge in [-0.3, -0.25) is 9.59 Å². The largest absolute Gasteiger partial charge is 0.466 e. The van der Waals surface area contributed by atoms with E-state index in [1.807, 2.05) is 19.0 Å². The molecule has 0 fully saturated rings. The van der Waals surface area contributed by atoms with E-state index < -0.39 is 0 Å². The van der Waals surface area contributed by atoms with Crippen LogP contribution in [0.3, 0.4) is 0 Å². The van der Waals surface area contributed by atoms with Crippen LogP contribution >= 0.6 is 12.2 Å². The van der Waals surface area contributed by atoms with Gasteiger partial charge in [0.05, 0.1) is 19.1 Å². The first-order chi connectivity index (χ1) is 26.8. The SMILES string of the molecule is CCCCCCCCCOC(=O)CCCCCCCN(CCCCCCCOC(=O)C(CCCCCCC)CCCCCCCC)CCCNC(=S)N(C)C. The van der Waals surface area contributed by atoms with Crippen LogP contribution in [0.25, 0.3) is 0 Å². The maximum Gasteiger partial charge on any atom is 0.308 e. The van der Waals surface area contributed by atoms with E-state index in [9.17, 15) is 9.59 Å². The molecule has 0 heterocycles. The zero-order valence-electron chi connectivity index (χ0n) is 37.4. The van der Waals surface area contributed by atoms with Gasteiger partial charge >= 0.3 is 11.9 Å². The molecule has 326 valence electrons. The van der Waals surface area contributed by atoms with Crippen LogP contribution in [0.2, 0.25) is 0 Å². The topological polar surface area (TPSA) is 71.1 Å². The van der Waals surface area contributed by atoms with Gasteiger partial charge in [0.2, 0.25) is 0 Å². The predicted molar refractivity (Wildman–Crippen MR) is 241 cm³/mol. The summed E-state index contributed by atoms with van der Waals surface area (Å²) in [6, 6.07) is 0. The van der Waals surface area contributed by atoms with Crippen molar-refractivity contribution in [2.75, 3.05) is 53.5 Å². The van der Waals surface area contributed by atoms with Crippen molar-refractivity contribution >= 4 is 29.3 Å². The molecular formula is C47H93N3O4S. The van der Waals surface area contributed by atoms with E-state index in [0.29, 0.717) is 19.6 Å².